The Morgan fingerprint density at radius 3 is 2.45 bits per heavy atom. The molecule has 1 saturated carbocycles. The predicted molar refractivity (Wildman–Crippen MR) is 79.7 cm³/mol. The molecule has 1 aromatic rings. The number of nitrogen functional groups attached to an aromatic ring is 1. The predicted octanol–water partition coefficient (Wildman–Crippen LogP) is 2.62. The summed E-state index contributed by atoms with van der Waals surface area (Å²) in [5.74, 6) is 1.37. The first-order valence-electron chi connectivity index (χ1n) is 7.49. The molecule has 1 unspecified atom stereocenters. The molecule has 0 bridgehead atoms. The van der Waals surface area contributed by atoms with Crippen LogP contribution in [0.1, 0.15) is 52.9 Å². The molecule has 0 radical (unpaired) electrons. The summed E-state index contributed by atoms with van der Waals surface area (Å²) in [6.45, 7) is 6.04. The molecule has 2 rings (SSSR count). The van der Waals surface area contributed by atoms with Crippen LogP contribution in [0.4, 0.5) is 11.9 Å². The van der Waals surface area contributed by atoms with Gasteiger partial charge in [0, 0.05) is 6.04 Å². The first-order valence-corrected chi connectivity index (χ1v) is 7.49. The maximum Gasteiger partial charge on any atom is 0.323 e. The minimum absolute atomic E-state index is 0.0143. The van der Waals surface area contributed by atoms with Crippen molar-refractivity contribution >= 4 is 11.9 Å². The highest BCUT2D eigenvalue weighted by Crippen LogP contribution is 2.27. The molecule has 0 spiro atoms. The van der Waals surface area contributed by atoms with E-state index in [-0.39, 0.29) is 18.1 Å². The summed E-state index contributed by atoms with van der Waals surface area (Å²) >= 11 is 0. The minimum atomic E-state index is 0.0143. The van der Waals surface area contributed by atoms with E-state index < -0.39 is 0 Å². The van der Waals surface area contributed by atoms with Gasteiger partial charge in [-0.15, -0.1) is 0 Å². The zero-order chi connectivity index (χ0) is 14.5. The Balaban J connectivity index is 2.02. The lowest BCUT2D eigenvalue weighted by atomic mass is 9.85. The lowest BCUT2D eigenvalue weighted by Gasteiger charge is -2.28. The Hall–Kier alpha value is -1.59. The molecule has 0 aliphatic heterocycles. The fourth-order valence-electron chi connectivity index (χ4n) is 2.66. The van der Waals surface area contributed by atoms with Gasteiger partial charge in [0.05, 0.1) is 6.10 Å². The number of aromatic nitrogens is 3. The van der Waals surface area contributed by atoms with E-state index in [1.807, 2.05) is 13.8 Å². The van der Waals surface area contributed by atoms with Gasteiger partial charge < -0.3 is 15.8 Å². The van der Waals surface area contributed by atoms with Crippen LogP contribution in [0.2, 0.25) is 0 Å². The third kappa shape index (κ3) is 4.21. The topological polar surface area (TPSA) is 86.0 Å². The number of hydrogen-bond donors (Lipinski definition) is 2. The van der Waals surface area contributed by atoms with Crippen molar-refractivity contribution in [3.05, 3.63) is 0 Å². The van der Waals surface area contributed by atoms with Gasteiger partial charge in [-0.05, 0) is 39.5 Å². The second-order valence-corrected chi connectivity index (χ2v) is 5.80. The molecule has 1 fully saturated rings. The summed E-state index contributed by atoms with van der Waals surface area (Å²) in [5, 5.41) is 3.34. The van der Waals surface area contributed by atoms with Crippen LogP contribution in [0, 0.1) is 5.92 Å². The zero-order valence-electron chi connectivity index (χ0n) is 12.6. The molecule has 0 amide bonds. The lowest BCUT2D eigenvalue weighted by molar-refractivity contribution is 0.222. The van der Waals surface area contributed by atoms with E-state index >= 15 is 0 Å². The average molecular weight is 279 g/mol. The van der Waals surface area contributed by atoms with Crippen molar-refractivity contribution in [3.8, 4) is 6.01 Å². The van der Waals surface area contributed by atoms with Crippen LogP contribution in [-0.4, -0.2) is 27.1 Å². The van der Waals surface area contributed by atoms with Crippen molar-refractivity contribution in [3.63, 3.8) is 0 Å². The van der Waals surface area contributed by atoms with Crippen LogP contribution in [0.15, 0.2) is 0 Å². The highest BCUT2D eigenvalue weighted by Gasteiger charge is 2.21. The first kappa shape index (κ1) is 14.8. The Morgan fingerprint density at radius 1 is 1.10 bits per heavy atom. The smallest absolute Gasteiger partial charge is 0.323 e. The van der Waals surface area contributed by atoms with Gasteiger partial charge in [0.15, 0.2) is 0 Å². The Labute approximate surface area is 120 Å². The Kier molecular flexibility index (Phi) is 4.98. The van der Waals surface area contributed by atoms with E-state index in [1.165, 1.54) is 32.1 Å². The molecule has 0 saturated heterocycles. The normalized spacial score (nSPS) is 18.0. The van der Waals surface area contributed by atoms with Gasteiger partial charge in [0.25, 0.3) is 0 Å². The quantitative estimate of drug-likeness (QED) is 0.861. The summed E-state index contributed by atoms with van der Waals surface area (Å²) in [4.78, 5) is 12.4. The molecule has 20 heavy (non-hydrogen) atoms. The van der Waals surface area contributed by atoms with Crippen molar-refractivity contribution in [2.45, 2.75) is 65.0 Å². The maximum absolute atomic E-state index is 5.71. The zero-order valence-corrected chi connectivity index (χ0v) is 12.6. The molecule has 1 aliphatic rings. The molecular weight excluding hydrogens is 254 g/mol. The second-order valence-electron chi connectivity index (χ2n) is 5.80. The van der Waals surface area contributed by atoms with Crippen LogP contribution >= 0.6 is 0 Å². The van der Waals surface area contributed by atoms with Gasteiger partial charge in [0.2, 0.25) is 11.9 Å². The van der Waals surface area contributed by atoms with Gasteiger partial charge in [-0.25, -0.2) is 0 Å². The number of anilines is 2. The molecule has 3 N–H and O–H groups in total. The highest BCUT2D eigenvalue weighted by atomic mass is 16.5. The third-order valence-electron chi connectivity index (χ3n) is 3.69. The fourth-order valence-corrected chi connectivity index (χ4v) is 2.66. The summed E-state index contributed by atoms with van der Waals surface area (Å²) < 4.78 is 5.48. The van der Waals surface area contributed by atoms with Crippen LogP contribution < -0.4 is 15.8 Å². The van der Waals surface area contributed by atoms with Crippen molar-refractivity contribution in [1.82, 2.24) is 15.0 Å². The van der Waals surface area contributed by atoms with E-state index in [0.717, 1.165) is 0 Å². The van der Waals surface area contributed by atoms with Gasteiger partial charge in [-0.2, -0.15) is 15.0 Å². The number of nitrogens with two attached hydrogens (primary N) is 1. The van der Waals surface area contributed by atoms with Crippen LogP contribution in [0.5, 0.6) is 6.01 Å². The van der Waals surface area contributed by atoms with Crippen molar-refractivity contribution in [1.29, 1.82) is 0 Å². The largest absolute Gasteiger partial charge is 0.461 e. The van der Waals surface area contributed by atoms with Crippen molar-refractivity contribution in [2.24, 2.45) is 5.92 Å². The number of nitrogens with zero attached hydrogens (tertiary/aromatic N) is 3. The van der Waals surface area contributed by atoms with Gasteiger partial charge in [-0.3, -0.25) is 0 Å². The standard InChI is InChI=1S/C14H25N5O/c1-9(2)20-14-18-12(15)17-13(19-14)16-10(3)11-7-5-4-6-8-11/h9-11H,4-8H2,1-3H3,(H3,15,16,17,18,19). The maximum atomic E-state index is 5.71. The Bertz CT molecular complexity index is 432. The summed E-state index contributed by atoms with van der Waals surface area (Å²) in [5.41, 5.74) is 5.71. The molecule has 1 heterocycles. The number of rotatable bonds is 5. The van der Waals surface area contributed by atoms with Crippen molar-refractivity contribution in [2.75, 3.05) is 11.1 Å². The van der Waals surface area contributed by atoms with E-state index in [9.17, 15) is 0 Å². The second kappa shape index (κ2) is 6.72. The molecule has 112 valence electrons. The summed E-state index contributed by atoms with van der Waals surface area (Å²) in [6.07, 6.45) is 6.54. The average Bonchev–Trinajstić information content (AvgIpc) is 2.38. The highest BCUT2D eigenvalue weighted by molar-refractivity contribution is 5.33. The lowest BCUT2D eigenvalue weighted by Crippen LogP contribution is -2.28. The van der Waals surface area contributed by atoms with Crippen LogP contribution in [0.25, 0.3) is 0 Å². The number of ether oxygens (including phenoxy) is 1. The van der Waals surface area contributed by atoms with Gasteiger partial charge >= 0.3 is 6.01 Å². The minimum Gasteiger partial charge on any atom is -0.461 e. The number of nitrogens with one attached hydrogen (secondary N) is 1. The van der Waals surface area contributed by atoms with Crippen LogP contribution in [-0.2, 0) is 0 Å². The van der Waals surface area contributed by atoms with Crippen LogP contribution in [0.3, 0.4) is 0 Å². The summed E-state index contributed by atoms with van der Waals surface area (Å²) in [7, 11) is 0. The van der Waals surface area contributed by atoms with E-state index in [4.69, 9.17) is 10.5 Å². The van der Waals surface area contributed by atoms with E-state index in [1.54, 1.807) is 0 Å². The fraction of sp³-hybridized carbons (Fsp3) is 0.786. The monoisotopic (exact) mass is 279 g/mol. The summed E-state index contributed by atoms with van der Waals surface area (Å²) in [6, 6.07) is 0.620. The van der Waals surface area contributed by atoms with Gasteiger partial charge in [0.1, 0.15) is 0 Å². The molecular formula is C14H25N5O. The molecule has 1 aromatic heterocycles. The van der Waals surface area contributed by atoms with E-state index in [2.05, 4.69) is 27.2 Å². The molecule has 1 atom stereocenters. The molecule has 6 nitrogen and oxygen atoms in total. The number of hydrogen-bond acceptors (Lipinski definition) is 6. The molecule has 0 aromatic carbocycles. The van der Waals surface area contributed by atoms with Gasteiger partial charge in [-0.1, -0.05) is 19.3 Å². The Morgan fingerprint density at radius 2 is 1.80 bits per heavy atom. The first-order chi connectivity index (χ1) is 9.54. The van der Waals surface area contributed by atoms with Crippen molar-refractivity contribution < 1.29 is 4.74 Å². The van der Waals surface area contributed by atoms with E-state index in [0.29, 0.717) is 17.9 Å². The SMILES string of the molecule is CC(C)Oc1nc(N)nc(NC(C)C2CCCCC2)n1. The third-order valence-corrected chi connectivity index (χ3v) is 3.69. The molecule has 6 heteroatoms. The molecule has 1 aliphatic carbocycles.